The van der Waals surface area contributed by atoms with Gasteiger partial charge in [0, 0.05) is 11.6 Å². The van der Waals surface area contributed by atoms with Gasteiger partial charge in [-0.25, -0.2) is 0 Å². The van der Waals surface area contributed by atoms with Crippen LogP contribution in [0.5, 0.6) is 0 Å². The number of hydrogen-bond donors (Lipinski definition) is 0. The van der Waals surface area contributed by atoms with Crippen LogP contribution >= 0.6 is 0 Å². The molecule has 1 aliphatic heterocycles. The van der Waals surface area contributed by atoms with Gasteiger partial charge in [-0.1, -0.05) is 12.2 Å². The molecule has 2 nitrogen and oxygen atoms in total. The van der Waals surface area contributed by atoms with E-state index < -0.39 is 0 Å². The van der Waals surface area contributed by atoms with Gasteiger partial charge in [0.25, 0.3) is 0 Å². The Morgan fingerprint density at radius 3 is 3.17 bits per heavy atom. The summed E-state index contributed by atoms with van der Waals surface area (Å²) in [5, 5.41) is 0. The summed E-state index contributed by atoms with van der Waals surface area (Å²) < 4.78 is 5.31. The lowest BCUT2D eigenvalue weighted by Crippen LogP contribution is -2.02. The highest BCUT2D eigenvalue weighted by Gasteiger charge is 2.11. The van der Waals surface area contributed by atoms with Crippen molar-refractivity contribution in [1.29, 1.82) is 0 Å². The van der Waals surface area contributed by atoms with E-state index in [1.54, 1.807) is 6.08 Å². The first-order valence-corrected chi connectivity index (χ1v) is 3.80. The second-order valence-corrected chi connectivity index (χ2v) is 2.61. The molecule has 0 aromatic heterocycles. The monoisotopic (exact) mass is 160 g/mol. The summed E-state index contributed by atoms with van der Waals surface area (Å²) in [7, 11) is 0. The predicted molar refractivity (Wildman–Crippen MR) is 45.4 cm³/mol. The van der Waals surface area contributed by atoms with Gasteiger partial charge in [0.05, 0.1) is 0 Å². The third-order valence-electron chi connectivity index (χ3n) is 1.73. The molecule has 0 spiro atoms. The Kier molecular flexibility index (Phi) is 1.67. The second kappa shape index (κ2) is 2.81. The maximum absolute atomic E-state index is 10.9. The molecule has 0 bridgehead atoms. The highest BCUT2D eigenvalue weighted by Crippen LogP contribution is 2.19. The van der Waals surface area contributed by atoms with Crippen LogP contribution in [0.1, 0.15) is 0 Å². The van der Waals surface area contributed by atoms with Gasteiger partial charge in [0.15, 0.2) is 5.78 Å². The van der Waals surface area contributed by atoms with E-state index in [1.807, 2.05) is 18.2 Å². The normalized spacial score (nSPS) is 20.5. The van der Waals surface area contributed by atoms with Gasteiger partial charge in [-0.15, -0.1) is 0 Å². The van der Waals surface area contributed by atoms with E-state index in [2.05, 4.69) is 0 Å². The molecular formula is C10H8O2. The van der Waals surface area contributed by atoms with Gasteiger partial charge in [-0.2, -0.15) is 0 Å². The van der Waals surface area contributed by atoms with E-state index in [0.717, 1.165) is 5.57 Å². The van der Waals surface area contributed by atoms with E-state index in [9.17, 15) is 4.79 Å². The number of carbonyl (C=O) groups excluding carboxylic acids is 1. The Balaban J connectivity index is 2.38. The third-order valence-corrected chi connectivity index (χ3v) is 1.73. The van der Waals surface area contributed by atoms with Crippen molar-refractivity contribution in [2.24, 2.45) is 0 Å². The molecule has 0 fully saturated rings. The zero-order valence-corrected chi connectivity index (χ0v) is 6.49. The molecule has 2 aliphatic rings. The van der Waals surface area contributed by atoms with Crippen molar-refractivity contribution in [1.82, 2.24) is 0 Å². The smallest absolute Gasteiger partial charge is 0.182 e. The number of hydrogen-bond acceptors (Lipinski definition) is 2. The fourth-order valence-corrected chi connectivity index (χ4v) is 1.14. The molecule has 60 valence electrons. The van der Waals surface area contributed by atoms with Crippen molar-refractivity contribution < 1.29 is 9.53 Å². The first-order chi connectivity index (χ1) is 5.86. The molecule has 0 atom stereocenters. The maximum atomic E-state index is 10.9. The van der Waals surface area contributed by atoms with Crippen LogP contribution in [0.4, 0.5) is 0 Å². The Labute approximate surface area is 70.5 Å². The van der Waals surface area contributed by atoms with Crippen LogP contribution in [0, 0.1) is 0 Å². The van der Waals surface area contributed by atoms with Crippen LogP contribution in [-0.2, 0) is 9.53 Å². The molecule has 0 amide bonds. The minimum atomic E-state index is -0.0101. The molecule has 2 heteroatoms. The minimum absolute atomic E-state index is 0.0101. The van der Waals surface area contributed by atoms with Gasteiger partial charge in [0.1, 0.15) is 12.4 Å². The molecule has 0 aromatic carbocycles. The average molecular weight is 160 g/mol. The lowest BCUT2D eigenvalue weighted by molar-refractivity contribution is -0.110. The van der Waals surface area contributed by atoms with Gasteiger partial charge in [-0.3, -0.25) is 4.79 Å². The Morgan fingerprint density at radius 2 is 2.25 bits per heavy atom. The standard InChI is InChI=1S/C10H8O2/c11-9-5-4-8-3-1-2-6-12-10(8)7-9/h1-5,7H,6H2. The molecule has 1 aliphatic carbocycles. The topological polar surface area (TPSA) is 26.3 Å². The summed E-state index contributed by atoms with van der Waals surface area (Å²) in [5.74, 6) is 0.663. The highest BCUT2D eigenvalue weighted by molar-refractivity contribution is 6.02. The van der Waals surface area contributed by atoms with Crippen molar-refractivity contribution in [3.8, 4) is 0 Å². The van der Waals surface area contributed by atoms with E-state index in [-0.39, 0.29) is 5.78 Å². The SMILES string of the molecule is O=C1C=CC2=CC=CCOC2=C1. The number of allylic oxidation sites excluding steroid dienone is 5. The molecule has 12 heavy (non-hydrogen) atoms. The van der Waals surface area contributed by atoms with Crippen LogP contribution < -0.4 is 0 Å². The van der Waals surface area contributed by atoms with Crippen LogP contribution in [0.25, 0.3) is 0 Å². The number of ether oxygens (including phenoxy) is 1. The summed E-state index contributed by atoms with van der Waals surface area (Å²) in [5.41, 5.74) is 0.961. The summed E-state index contributed by atoms with van der Waals surface area (Å²) >= 11 is 0. The fourth-order valence-electron chi connectivity index (χ4n) is 1.14. The number of rotatable bonds is 0. The Bertz CT molecular complexity index is 330. The second-order valence-electron chi connectivity index (χ2n) is 2.61. The largest absolute Gasteiger partial charge is 0.489 e. The Hall–Kier alpha value is -1.57. The number of carbonyl (C=O) groups is 1. The predicted octanol–water partition coefficient (Wildman–Crippen LogP) is 1.52. The highest BCUT2D eigenvalue weighted by atomic mass is 16.5. The molecular weight excluding hydrogens is 152 g/mol. The summed E-state index contributed by atoms with van der Waals surface area (Å²) in [6.07, 6.45) is 10.6. The van der Waals surface area contributed by atoms with Crippen LogP contribution in [0.2, 0.25) is 0 Å². The summed E-state index contributed by atoms with van der Waals surface area (Å²) in [6.45, 7) is 0.535. The zero-order chi connectivity index (χ0) is 8.39. The molecule has 0 saturated carbocycles. The molecule has 0 radical (unpaired) electrons. The van der Waals surface area contributed by atoms with Crippen molar-refractivity contribution in [3.63, 3.8) is 0 Å². The first kappa shape index (κ1) is 7.10. The van der Waals surface area contributed by atoms with E-state index in [4.69, 9.17) is 4.74 Å². The maximum Gasteiger partial charge on any atom is 0.182 e. The van der Waals surface area contributed by atoms with Gasteiger partial charge in [-0.05, 0) is 18.2 Å². The van der Waals surface area contributed by atoms with Crippen LogP contribution in [0.15, 0.2) is 47.8 Å². The fraction of sp³-hybridized carbons (Fsp3) is 0.100. The summed E-state index contributed by atoms with van der Waals surface area (Å²) in [4.78, 5) is 10.9. The molecule has 0 N–H and O–H groups in total. The van der Waals surface area contributed by atoms with Crippen molar-refractivity contribution in [2.45, 2.75) is 0 Å². The third kappa shape index (κ3) is 1.23. The van der Waals surface area contributed by atoms with Crippen molar-refractivity contribution in [2.75, 3.05) is 6.61 Å². The van der Waals surface area contributed by atoms with Crippen molar-refractivity contribution in [3.05, 3.63) is 47.8 Å². The van der Waals surface area contributed by atoms with Crippen LogP contribution in [0.3, 0.4) is 0 Å². The number of fused-ring (bicyclic) bond motifs is 1. The zero-order valence-electron chi connectivity index (χ0n) is 6.49. The minimum Gasteiger partial charge on any atom is -0.489 e. The first-order valence-electron chi connectivity index (χ1n) is 3.80. The number of ketones is 1. The van der Waals surface area contributed by atoms with Crippen molar-refractivity contribution >= 4 is 5.78 Å². The Morgan fingerprint density at radius 1 is 1.33 bits per heavy atom. The lowest BCUT2D eigenvalue weighted by Gasteiger charge is -2.09. The van der Waals surface area contributed by atoms with Crippen LogP contribution in [-0.4, -0.2) is 12.4 Å². The summed E-state index contributed by atoms with van der Waals surface area (Å²) in [6, 6.07) is 0. The van der Waals surface area contributed by atoms with Gasteiger partial charge < -0.3 is 4.74 Å². The van der Waals surface area contributed by atoms with Gasteiger partial charge >= 0.3 is 0 Å². The van der Waals surface area contributed by atoms with Gasteiger partial charge in [0.2, 0.25) is 0 Å². The average Bonchev–Trinajstić information content (AvgIpc) is 2.28. The van der Waals surface area contributed by atoms with E-state index in [0.29, 0.717) is 12.4 Å². The molecule has 0 saturated heterocycles. The lowest BCUT2D eigenvalue weighted by atomic mass is 10.1. The quantitative estimate of drug-likeness (QED) is 0.537. The molecule has 2 rings (SSSR count). The van der Waals surface area contributed by atoms with E-state index in [1.165, 1.54) is 12.2 Å². The molecule has 0 aromatic rings. The molecule has 0 unspecified atom stereocenters. The van der Waals surface area contributed by atoms with E-state index >= 15 is 0 Å². The molecule has 1 heterocycles.